The molecular formula is C16H15N3O4S. The van der Waals surface area contributed by atoms with Gasteiger partial charge in [0.2, 0.25) is 0 Å². The molecule has 0 fully saturated rings. The van der Waals surface area contributed by atoms with Crippen molar-refractivity contribution in [1.29, 1.82) is 0 Å². The second-order valence-corrected chi connectivity index (χ2v) is 7.17. The number of aryl methyl sites for hydroxylation is 1. The van der Waals surface area contributed by atoms with Gasteiger partial charge in [0.15, 0.2) is 5.03 Å². The molecule has 1 aromatic carbocycles. The van der Waals surface area contributed by atoms with E-state index in [4.69, 9.17) is 0 Å². The van der Waals surface area contributed by atoms with E-state index in [-0.39, 0.29) is 10.7 Å². The zero-order valence-electron chi connectivity index (χ0n) is 13.0. The number of pyridine rings is 1. The minimum Gasteiger partial charge on any atom is -0.477 e. The van der Waals surface area contributed by atoms with Crippen LogP contribution in [-0.2, 0) is 17.1 Å². The van der Waals surface area contributed by atoms with Gasteiger partial charge in [0.25, 0.3) is 10.0 Å². The molecule has 0 aliphatic carbocycles. The summed E-state index contributed by atoms with van der Waals surface area (Å²) < 4.78 is 28.1. The second-order valence-electron chi connectivity index (χ2n) is 5.25. The Morgan fingerprint density at radius 3 is 2.58 bits per heavy atom. The number of carboxylic acid groups (broad SMARTS) is 1. The monoisotopic (exact) mass is 345 g/mol. The molecule has 0 aliphatic heterocycles. The molecule has 0 saturated heterocycles. The number of para-hydroxylation sites is 1. The highest BCUT2D eigenvalue weighted by molar-refractivity contribution is 7.92. The second kappa shape index (κ2) is 5.64. The van der Waals surface area contributed by atoms with E-state index >= 15 is 0 Å². The molecule has 124 valence electrons. The van der Waals surface area contributed by atoms with Crippen molar-refractivity contribution in [3.8, 4) is 0 Å². The van der Waals surface area contributed by atoms with E-state index in [1.807, 2.05) is 0 Å². The SMILES string of the molecule is CN(c1cccc2cc(C(=O)O)n(C)c12)S(=O)(=O)c1ccccn1. The fraction of sp³-hybridized carbons (Fsp3) is 0.125. The van der Waals surface area contributed by atoms with Gasteiger partial charge in [0.1, 0.15) is 5.69 Å². The number of sulfonamides is 1. The Labute approximate surface area is 138 Å². The van der Waals surface area contributed by atoms with Gasteiger partial charge in [-0.3, -0.25) is 4.31 Å². The van der Waals surface area contributed by atoms with E-state index in [0.717, 1.165) is 4.31 Å². The Bertz CT molecular complexity index is 1030. The van der Waals surface area contributed by atoms with Gasteiger partial charge in [-0.15, -0.1) is 0 Å². The maximum absolute atomic E-state index is 12.8. The van der Waals surface area contributed by atoms with Gasteiger partial charge in [0.05, 0.1) is 11.2 Å². The summed E-state index contributed by atoms with van der Waals surface area (Å²) in [5.74, 6) is -1.07. The molecule has 8 heteroatoms. The van der Waals surface area contributed by atoms with Crippen LogP contribution in [0.3, 0.4) is 0 Å². The standard InChI is InChI=1S/C16H15N3O4S/c1-18-13(16(20)21)10-11-6-5-7-12(15(11)18)19(2)24(22,23)14-8-3-4-9-17-14/h3-10H,1-2H3,(H,20,21). The van der Waals surface area contributed by atoms with Crippen LogP contribution in [0.15, 0.2) is 53.7 Å². The lowest BCUT2D eigenvalue weighted by molar-refractivity contribution is 0.0687. The molecule has 0 unspecified atom stereocenters. The van der Waals surface area contributed by atoms with Gasteiger partial charge >= 0.3 is 5.97 Å². The van der Waals surface area contributed by atoms with E-state index in [1.165, 1.54) is 29.9 Å². The summed E-state index contributed by atoms with van der Waals surface area (Å²) in [6.07, 6.45) is 1.41. The number of anilines is 1. The number of carboxylic acids is 1. The average Bonchev–Trinajstić information content (AvgIpc) is 2.92. The number of rotatable bonds is 4. The third-order valence-corrected chi connectivity index (χ3v) is 5.54. The van der Waals surface area contributed by atoms with Crippen molar-refractivity contribution in [3.63, 3.8) is 0 Å². The maximum atomic E-state index is 12.8. The van der Waals surface area contributed by atoms with Crippen molar-refractivity contribution in [3.05, 3.63) is 54.4 Å². The molecular weight excluding hydrogens is 330 g/mol. The van der Waals surface area contributed by atoms with Crippen LogP contribution in [0.2, 0.25) is 0 Å². The lowest BCUT2D eigenvalue weighted by Gasteiger charge is -2.20. The van der Waals surface area contributed by atoms with Crippen LogP contribution in [0.1, 0.15) is 10.5 Å². The fourth-order valence-electron chi connectivity index (χ4n) is 2.62. The molecule has 7 nitrogen and oxygen atoms in total. The summed E-state index contributed by atoms with van der Waals surface area (Å²) >= 11 is 0. The molecule has 0 spiro atoms. The van der Waals surface area contributed by atoms with Gasteiger partial charge in [0, 0.05) is 25.7 Å². The highest BCUT2D eigenvalue weighted by Gasteiger charge is 2.25. The van der Waals surface area contributed by atoms with Gasteiger partial charge in [-0.25, -0.2) is 9.78 Å². The fourth-order valence-corrected chi connectivity index (χ4v) is 3.76. The van der Waals surface area contributed by atoms with Crippen molar-refractivity contribution in [1.82, 2.24) is 9.55 Å². The number of fused-ring (bicyclic) bond motifs is 1. The first-order chi connectivity index (χ1) is 11.3. The molecule has 0 atom stereocenters. The summed E-state index contributed by atoms with van der Waals surface area (Å²) in [6, 6.07) is 11.2. The van der Waals surface area contributed by atoms with Gasteiger partial charge < -0.3 is 9.67 Å². The number of aromatic carboxylic acids is 1. The molecule has 2 aromatic heterocycles. The van der Waals surface area contributed by atoms with Crippen molar-refractivity contribution in [2.45, 2.75) is 5.03 Å². The van der Waals surface area contributed by atoms with Crippen molar-refractivity contribution < 1.29 is 18.3 Å². The summed E-state index contributed by atoms with van der Waals surface area (Å²) in [4.78, 5) is 15.2. The highest BCUT2D eigenvalue weighted by atomic mass is 32.2. The van der Waals surface area contributed by atoms with Crippen LogP contribution in [0.25, 0.3) is 10.9 Å². The van der Waals surface area contributed by atoms with E-state index < -0.39 is 16.0 Å². The number of hydrogen-bond donors (Lipinski definition) is 1. The normalized spacial score (nSPS) is 11.6. The van der Waals surface area contributed by atoms with E-state index in [1.54, 1.807) is 37.4 Å². The van der Waals surface area contributed by atoms with Crippen LogP contribution in [0.5, 0.6) is 0 Å². The first kappa shape index (κ1) is 16.0. The lowest BCUT2D eigenvalue weighted by atomic mass is 10.2. The summed E-state index contributed by atoms with van der Waals surface area (Å²) in [5.41, 5.74) is 0.992. The van der Waals surface area contributed by atoms with Crippen LogP contribution < -0.4 is 4.31 Å². The minimum atomic E-state index is -3.85. The molecule has 24 heavy (non-hydrogen) atoms. The van der Waals surface area contributed by atoms with Crippen LogP contribution in [0.4, 0.5) is 5.69 Å². The quantitative estimate of drug-likeness (QED) is 0.782. The molecule has 0 radical (unpaired) electrons. The smallest absolute Gasteiger partial charge is 0.352 e. The third kappa shape index (κ3) is 2.41. The van der Waals surface area contributed by atoms with Crippen LogP contribution in [-0.4, -0.2) is 36.1 Å². The number of carbonyl (C=O) groups is 1. The summed E-state index contributed by atoms with van der Waals surface area (Å²) in [7, 11) is -0.833. The molecule has 3 rings (SSSR count). The Hall–Kier alpha value is -2.87. The molecule has 0 amide bonds. The molecule has 2 heterocycles. The Morgan fingerprint density at radius 2 is 1.96 bits per heavy atom. The van der Waals surface area contributed by atoms with Crippen molar-refractivity contribution in [2.24, 2.45) is 7.05 Å². The molecule has 3 aromatic rings. The van der Waals surface area contributed by atoms with Crippen molar-refractivity contribution >= 4 is 32.6 Å². The van der Waals surface area contributed by atoms with Crippen LogP contribution in [0, 0.1) is 0 Å². The number of aromatic nitrogens is 2. The van der Waals surface area contributed by atoms with Gasteiger partial charge in [-0.05, 0) is 24.3 Å². The molecule has 0 saturated carbocycles. The molecule has 0 aliphatic rings. The van der Waals surface area contributed by atoms with Gasteiger partial charge in [-0.2, -0.15) is 8.42 Å². The summed E-state index contributed by atoms with van der Waals surface area (Å²) in [6.45, 7) is 0. The highest BCUT2D eigenvalue weighted by Crippen LogP contribution is 2.31. The zero-order chi connectivity index (χ0) is 17.5. The van der Waals surface area contributed by atoms with Crippen LogP contribution >= 0.6 is 0 Å². The average molecular weight is 345 g/mol. The topological polar surface area (TPSA) is 92.5 Å². The molecule has 1 N–H and O–H groups in total. The first-order valence-electron chi connectivity index (χ1n) is 7.05. The van der Waals surface area contributed by atoms with E-state index in [0.29, 0.717) is 16.6 Å². The van der Waals surface area contributed by atoms with Gasteiger partial charge in [-0.1, -0.05) is 18.2 Å². The van der Waals surface area contributed by atoms with E-state index in [2.05, 4.69) is 4.98 Å². The van der Waals surface area contributed by atoms with Crippen molar-refractivity contribution in [2.75, 3.05) is 11.4 Å². The molecule has 0 bridgehead atoms. The summed E-state index contributed by atoms with van der Waals surface area (Å²) in [5, 5.41) is 9.85. The third-order valence-electron chi connectivity index (χ3n) is 3.86. The lowest BCUT2D eigenvalue weighted by Crippen LogP contribution is -2.27. The minimum absolute atomic E-state index is 0.0721. The maximum Gasteiger partial charge on any atom is 0.352 e. The predicted octanol–water partition coefficient (Wildman–Crippen LogP) is 2.10. The Balaban J connectivity index is 2.21. The first-order valence-corrected chi connectivity index (χ1v) is 8.49. The number of benzene rings is 1. The largest absolute Gasteiger partial charge is 0.477 e. The van der Waals surface area contributed by atoms with E-state index in [9.17, 15) is 18.3 Å². The number of hydrogen-bond acceptors (Lipinski definition) is 4. The predicted molar refractivity (Wildman–Crippen MR) is 89.7 cm³/mol. The zero-order valence-corrected chi connectivity index (χ0v) is 13.9. The Kier molecular flexibility index (Phi) is 3.76. The number of nitrogens with zero attached hydrogens (tertiary/aromatic N) is 3. The Morgan fingerprint density at radius 1 is 1.21 bits per heavy atom.